The minimum atomic E-state index is -0.743. The fraction of sp³-hybridized carbons (Fsp3) is 0.632. The summed E-state index contributed by atoms with van der Waals surface area (Å²) in [6.07, 6.45) is 3.20. The van der Waals surface area contributed by atoms with Gasteiger partial charge in [-0.3, -0.25) is 14.6 Å². The van der Waals surface area contributed by atoms with Gasteiger partial charge in [-0.05, 0) is 36.9 Å². The molecule has 2 rings (SSSR count). The SMILES string of the molecule is CCCN1CCN(C(C(=O)O)c2ccc(CC)cc2)CC1CC. The summed E-state index contributed by atoms with van der Waals surface area (Å²) >= 11 is 0. The first kappa shape index (κ1) is 18.0. The van der Waals surface area contributed by atoms with Crippen LogP contribution in [0.15, 0.2) is 24.3 Å². The van der Waals surface area contributed by atoms with Gasteiger partial charge in [-0.2, -0.15) is 0 Å². The molecule has 4 nitrogen and oxygen atoms in total. The number of aliphatic carboxylic acids is 1. The third-order valence-electron chi connectivity index (χ3n) is 4.92. The van der Waals surface area contributed by atoms with E-state index in [4.69, 9.17) is 0 Å². The molecule has 2 unspecified atom stereocenters. The Morgan fingerprint density at radius 2 is 1.91 bits per heavy atom. The molecule has 1 saturated heterocycles. The summed E-state index contributed by atoms with van der Waals surface area (Å²) in [7, 11) is 0. The Morgan fingerprint density at radius 1 is 1.22 bits per heavy atom. The van der Waals surface area contributed by atoms with Gasteiger partial charge in [-0.15, -0.1) is 0 Å². The van der Waals surface area contributed by atoms with E-state index in [1.165, 1.54) is 5.56 Å². The molecule has 1 heterocycles. The van der Waals surface area contributed by atoms with Gasteiger partial charge >= 0.3 is 5.97 Å². The van der Waals surface area contributed by atoms with E-state index in [2.05, 4.69) is 42.7 Å². The average molecular weight is 318 g/mol. The van der Waals surface area contributed by atoms with Crippen molar-refractivity contribution in [2.45, 2.75) is 52.1 Å². The van der Waals surface area contributed by atoms with Crippen LogP contribution in [0, 0.1) is 0 Å². The van der Waals surface area contributed by atoms with Gasteiger partial charge in [0.15, 0.2) is 0 Å². The molecule has 0 aliphatic carbocycles. The van der Waals surface area contributed by atoms with Crippen molar-refractivity contribution in [1.82, 2.24) is 9.80 Å². The van der Waals surface area contributed by atoms with E-state index in [0.717, 1.165) is 51.0 Å². The highest BCUT2D eigenvalue weighted by atomic mass is 16.4. The van der Waals surface area contributed by atoms with Gasteiger partial charge in [0.2, 0.25) is 0 Å². The van der Waals surface area contributed by atoms with Gasteiger partial charge in [0.25, 0.3) is 0 Å². The zero-order chi connectivity index (χ0) is 16.8. The highest BCUT2D eigenvalue weighted by Gasteiger charge is 2.33. The van der Waals surface area contributed by atoms with Gasteiger partial charge in [0.1, 0.15) is 6.04 Å². The Bertz CT molecular complexity index is 501. The zero-order valence-corrected chi connectivity index (χ0v) is 14.7. The quantitative estimate of drug-likeness (QED) is 0.838. The number of carbonyl (C=O) groups is 1. The van der Waals surface area contributed by atoms with Crippen LogP contribution in [0.3, 0.4) is 0 Å². The molecule has 0 radical (unpaired) electrons. The van der Waals surface area contributed by atoms with Crippen LogP contribution in [-0.4, -0.2) is 53.1 Å². The second kappa shape index (κ2) is 8.46. The predicted molar refractivity (Wildman–Crippen MR) is 93.7 cm³/mol. The van der Waals surface area contributed by atoms with Crippen molar-refractivity contribution in [3.63, 3.8) is 0 Å². The van der Waals surface area contributed by atoms with Crippen molar-refractivity contribution < 1.29 is 9.90 Å². The van der Waals surface area contributed by atoms with E-state index in [1.807, 2.05) is 12.1 Å². The Balaban J connectivity index is 2.16. The van der Waals surface area contributed by atoms with Crippen molar-refractivity contribution >= 4 is 5.97 Å². The van der Waals surface area contributed by atoms with Crippen LogP contribution in [0.25, 0.3) is 0 Å². The lowest BCUT2D eigenvalue weighted by Crippen LogP contribution is -2.54. The van der Waals surface area contributed by atoms with E-state index in [0.29, 0.717) is 6.04 Å². The first-order chi connectivity index (χ1) is 11.1. The molecule has 1 aliphatic heterocycles. The van der Waals surface area contributed by atoms with Crippen molar-refractivity contribution in [3.8, 4) is 0 Å². The first-order valence-electron chi connectivity index (χ1n) is 8.90. The Labute approximate surface area is 140 Å². The maximum Gasteiger partial charge on any atom is 0.325 e. The number of hydrogen-bond acceptors (Lipinski definition) is 3. The highest BCUT2D eigenvalue weighted by molar-refractivity contribution is 5.75. The van der Waals surface area contributed by atoms with Gasteiger partial charge < -0.3 is 5.11 Å². The molecule has 4 heteroatoms. The summed E-state index contributed by atoms with van der Waals surface area (Å²) in [6.45, 7) is 10.2. The molecule has 1 aromatic carbocycles. The van der Waals surface area contributed by atoms with Crippen LogP contribution >= 0.6 is 0 Å². The molecule has 1 aliphatic rings. The largest absolute Gasteiger partial charge is 0.480 e. The monoisotopic (exact) mass is 318 g/mol. The predicted octanol–water partition coefficient (Wildman–Crippen LogP) is 3.18. The maximum atomic E-state index is 11.9. The average Bonchev–Trinajstić information content (AvgIpc) is 2.56. The smallest absolute Gasteiger partial charge is 0.325 e. The summed E-state index contributed by atoms with van der Waals surface area (Å²) in [6, 6.07) is 8.00. The molecule has 1 aromatic rings. The number of benzene rings is 1. The topological polar surface area (TPSA) is 43.8 Å². The summed E-state index contributed by atoms with van der Waals surface area (Å²) < 4.78 is 0. The van der Waals surface area contributed by atoms with Crippen LogP contribution in [0.4, 0.5) is 0 Å². The van der Waals surface area contributed by atoms with Crippen molar-refractivity contribution in [1.29, 1.82) is 0 Å². The van der Waals surface area contributed by atoms with E-state index in [9.17, 15) is 9.90 Å². The molecule has 128 valence electrons. The summed E-state index contributed by atoms with van der Waals surface area (Å²) in [4.78, 5) is 16.6. The molecule has 1 N–H and O–H groups in total. The van der Waals surface area contributed by atoms with E-state index >= 15 is 0 Å². The van der Waals surface area contributed by atoms with Gasteiger partial charge in [-0.1, -0.05) is 45.0 Å². The van der Waals surface area contributed by atoms with Crippen molar-refractivity contribution in [3.05, 3.63) is 35.4 Å². The molecule has 0 bridgehead atoms. The minimum Gasteiger partial charge on any atom is -0.480 e. The molecule has 0 aromatic heterocycles. The summed E-state index contributed by atoms with van der Waals surface area (Å²) in [5, 5.41) is 9.78. The number of piperazine rings is 1. The van der Waals surface area contributed by atoms with Gasteiger partial charge in [0.05, 0.1) is 0 Å². The lowest BCUT2D eigenvalue weighted by atomic mass is 10.00. The lowest BCUT2D eigenvalue weighted by Gasteiger charge is -2.43. The number of aryl methyl sites for hydroxylation is 1. The van der Waals surface area contributed by atoms with Gasteiger partial charge in [0, 0.05) is 25.7 Å². The van der Waals surface area contributed by atoms with Crippen molar-refractivity contribution in [2.24, 2.45) is 0 Å². The summed E-state index contributed by atoms with van der Waals surface area (Å²) in [5.41, 5.74) is 2.14. The second-order valence-corrected chi connectivity index (χ2v) is 6.43. The zero-order valence-electron chi connectivity index (χ0n) is 14.7. The molecule has 2 atom stereocenters. The first-order valence-corrected chi connectivity index (χ1v) is 8.90. The van der Waals surface area contributed by atoms with Gasteiger partial charge in [-0.25, -0.2) is 0 Å². The molecule has 0 spiro atoms. The highest BCUT2D eigenvalue weighted by Crippen LogP contribution is 2.26. The fourth-order valence-corrected chi connectivity index (χ4v) is 3.57. The second-order valence-electron chi connectivity index (χ2n) is 6.43. The van der Waals surface area contributed by atoms with E-state index < -0.39 is 12.0 Å². The molecule has 23 heavy (non-hydrogen) atoms. The lowest BCUT2D eigenvalue weighted by molar-refractivity contribution is -0.145. The molecular weight excluding hydrogens is 288 g/mol. The molecule has 0 amide bonds. The third kappa shape index (κ3) is 4.33. The standard InChI is InChI=1S/C19H30N2O2/c1-4-11-20-12-13-21(14-17(20)6-3)18(19(22)23)16-9-7-15(5-2)8-10-16/h7-10,17-18H,4-6,11-14H2,1-3H3,(H,22,23). The number of rotatable bonds is 7. The minimum absolute atomic E-state index is 0.459. The van der Waals surface area contributed by atoms with Crippen molar-refractivity contribution in [2.75, 3.05) is 26.2 Å². The Kier molecular flexibility index (Phi) is 6.60. The normalized spacial score (nSPS) is 21.3. The Hall–Kier alpha value is -1.39. The fourth-order valence-electron chi connectivity index (χ4n) is 3.57. The van der Waals surface area contributed by atoms with E-state index in [1.54, 1.807) is 0 Å². The molecular formula is C19H30N2O2. The Morgan fingerprint density at radius 3 is 2.43 bits per heavy atom. The van der Waals surface area contributed by atoms with Crippen LogP contribution in [0.5, 0.6) is 0 Å². The third-order valence-corrected chi connectivity index (χ3v) is 4.92. The van der Waals surface area contributed by atoms with Crippen LogP contribution in [0.2, 0.25) is 0 Å². The van der Waals surface area contributed by atoms with E-state index in [-0.39, 0.29) is 0 Å². The van der Waals surface area contributed by atoms with Crippen LogP contribution in [-0.2, 0) is 11.2 Å². The van der Waals surface area contributed by atoms with Crippen LogP contribution in [0.1, 0.15) is 50.8 Å². The number of carboxylic acid groups (broad SMARTS) is 1. The van der Waals surface area contributed by atoms with Crippen LogP contribution < -0.4 is 0 Å². The number of nitrogens with zero attached hydrogens (tertiary/aromatic N) is 2. The number of carboxylic acids is 1. The number of hydrogen-bond donors (Lipinski definition) is 1. The summed E-state index contributed by atoms with van der Waals surface area (Å²) in [5.74, 6) is -0.743. The maximum absolute atomic E-state index is 11.9. The molecule has 0 saturated carbocycles. The molecule has 1 fully saturated rings.